The fourth-order valence-electron chi connectivity index (χ4n) is 2.85. The Labute approximate surface area is 105 Å². The number of piperazine rings is 1. The highest BCUT2D eigenvalue weighted by Crippen LogP contribution is 2.26. The van der Waals surface area contributed by atoms with Gasteiger partial charge in [-0.05, 0) is 6.42 Å². The van der Waals surface area contributed by atoms with Crippen LogP contribution in [0.15, 0.2) is 0 Å². The Morgan fingerprint density at radius 1 is 1.22 bits per heavy atom. The van der Waals surface area contributed by atoms with E-state index in [1.54, 1.807) is 14.7 Å². The van der Waals surface area contributed by atoms with E-state index in [-0.39, 0.29) is 24.0 Å². The molecule has 1 N–H and O–H groups in total. The summed E-state index contributed by atoms with van der Waals surface area (Å²) < 4.78 is 0. The van der Waals surface area contributed by atoms with E-state index >= 15 is 0 Å². The predicted octanol–water partition coefficient (Wildman–Crippen LogP) is -1.55. The summed E-state index contributed by atoms with van der Waals surface area (Å²) in [6.45, 7) is 2.88. The number of fused-ring (bicyclic) bond motifs is 1. The van der Waals surface area contributed by atoms with Gasteiger partial charge in [-0.2, -0.15) is 0 Å². The van der Waals surface area contributed by atoms with Crippen LogP contribution in [0.25, 0.3) is 0 Å². The maximum Gasteiger partial charge on any atom is 0.320 e. The minimum atomic E-state index is -0.262. The highest BCUT2D eigenvalue weighted by molar-refractivity contribution is 5.94. The Balaban J connectivity index is 1.62. The lowest BCUT2D eigenvalue weighted by molar-refractivity contribution is -0.133. The number of urea groups is 1. The van der Waals surface area contributed by atoms with Crippen LogP contribution < -0.4 is 5.32 Å². The summed E-state index contributed by atoms with van der Waals surface area (Å²) >= 11 is 0. The maximum absolute atomic E-state index is 12.3. The zero-order valence-electron chi connectivity index (χ0n) is 10.0. The lowest BCUT2D eigenvalue weighted by atomic mass is 10.0. The monoisotopic (exact) mass is 252 g/mol. The third kappa shape index (κ3) is 1.61. The molecule has 0 saturated carbocycles. The molecule has 3 heterocycles. The minimum Gasteiger partial charge on any atom is -0.349 e. The van der Waals surface area contributed by atoms with Crippen molar-refractivity contribution in [2.45, 2.75) is 18.5 Å². The Morgan fingerprint density at radius 3 is 2.56 bits per heavy atom. The fourth-order valence-corrected chi connectivity index (χ4v) is 2.85. The Kier molecular flexibility index (Phi) is 2.61. The van der Waals surface area contributed by atoms with E-state index in [4.69, 9.17) is 0 Å². The second-order valence-electron chi connectivity index (χ2n) is 4.95. The lowest BCUT2D eigenvalue weighted by Gasteiger charge is -2.40. The van der Waals surface area contributed by atoms with Crippen molar-refractivity contribution in [3.63, 3.8) is 0 Å². The van der Waals surface area contributed by atoms with E-state index in [2.05, 4.69) is 5.32 Å². The normalized spacial score (nSPS) is 30.7. The van der Waals surface area contributed by atoms with Crippen molar-refractivity contribution in [3.8, 4) is 0 Å². The van der Waals surface area contributed by atoms with Gasteiger partial charge in [-0.3, -0.25) is 9.59 Å². The molecule has 0 bridgehead atoms. The summed E-state index contributed by atoms with van der Waals surface area (Å²) in [4.78, 5) is 39.4. The average Bonchev–Trinajstić information content (AvgIpc) is 2.75. The minimum absolute atomic E-state index is 0.0441. The van der Waals surface area contributed by atoms with Crippen LogP contribution in [-0.2, 0) is 9.59 Å². The topological polar surface area (TPSA) is 73.0 Å². The first-order chi connectivity index (χ1) is 8.70. The third-order valence-corrected chi connectivity index (χ3v) is 3.97. The van der Waals surface area contributed by atoms with Crippen LogP contribution in [0.4, 0.5) is 4.79 Å². The molecule has 0 aliphatic carbocycles. The highest BCUT2D eigenvalue weighted by atomic mass is 16.2. The van der Waals surface area contributed by atoms with Crippen LogP contribution in [0.2, 0.25) is 0 Å². The van der Waals surface area contributed by atoms with E-state index in [1.165, 1.54) is 0 Å². The van der Waals surface area contributed by atoms with E-state index < -0.39 is 0 Å². The van der Waals surface area contributed by atoms with Gasteiger partial charge in [0.1, 0.15) is 6.04 Å². The average molecular weight is 252 g/mol. The SMILES string of the molecule is O=CN1CCN(C(=O)N2CCC3NC(=O)C32)CC1. The van der Waals surface area contributed by atoms with Gasteiger partial charge >= 0.3 is 6.03 Å². The van der Waals surface area contributed by atoms with Crippen LogP contribution in [-0.4, -0.2) is 77.9 Å². The van der Waals surface area contributed by atoms with Gasteiger partial charge in [0.2, 0.25) is 12.3 Å². The van der Waals surface area contributed by atoms with Gasteiger partial charge < -0.3 is 20.0 Å². The number of likely N-dealkylation sites (tertiary alicyclic amines) is 1. The Morgan fingerprint density at radius 2 is 1.94 bits per heavy atom. The Hall–Kier alpha value is -1.79. The number of carbonyl (C=O) groups is 3. The number of β-lactam (4-membered cyclic amide) rings is 1. The van der Waals surface area contributed by atoms with Crippen molar-refractivity contribution >= 4 is 18.3 Å². The molecule has 0 aromatic carbocycles. The van der Waals surface area contributed by atoms with E-state index in [0.717, 1.165) is 12.8 Å². The van der Waals surface area contributed by atoms with Gasteiger partial charge in [0, 0.05) is 32.7 Å². The van der Waals surface area contributed by atoms with E-state index in [0.29, 0.717) is 32.7 Å². The molecule has 3 aliphatic heterocycles. The first-order valence-electron chi connectivity index (χ1n) is 6.26. The summed E-state index contributed by atoms with van der Waals surface area (Å²) in [6, 6.07) is -0.179. The molecule has 2 unspecified atom stereocenters. The quantitative estimate of drug-likeness (QED) is 0.454. The molecule has 7 heteroatoms. The number of nitrogens with zero attached hydrogens (tertiary/aromatic N) is 3. The van der Waals surface area contributed by atoms with Gasteiger partial charge in [-0.1, -0.05) is 0 Å². The van der Waals surface area contributed by atoms with Crippen LogP contribution in [0, 0.1) is 0 Å². The number of hydrogen-bond donors (Lipinski definition) is 1. The van der Waals surface area contributed by atoms with Crippen molar-refractivity contribution < 1.29 is 14.4 Å². The molecule has 0 radical (unpaired) electrons. The van der Waals surface area contributed by atoms with Gasteiger partial charge in [0.05, 0.1) is 6.04 Å². The molecule has 3 saturated heterocycles. The van der Waals surface area contributed by atoms with Gasteiger partial charge in [0.15, 0.2) is 0 Å². The molecule has 0 aromatic heterocycles. The number of carbonyl (C=O) groups excluding carboxylic acids is 3. The number of rotatable bonds is 1. The highest BCUT2D eigenvalue weighted by Gasteiger charge is 2.50. The second kappa shape index (κ2) is 4.15. The zero-order chi connectivity index (χ0) is 12.7. The molecule has 4 amide bonds. The van der Waals surface area contributed by atoms with Crippen molar-refractivity contribution in [1.82, 2.24) is 20.0 Å². The van der Waals surface area contributed by atoms with Gasteiger partial charge in [0.25, 0.3) is 0 Å². The van der Waals surface area contributed by atoms with Crippen molar-refractivity contribution in [1.29, 1.82) is 0 Å². The first kappa shape index (κ1) is 11.3. The molecular formula is C11H16N4O3. The molecule has 3 aliphatic rings. The summed E-state index contributed by atoms with van der Waals surface area (Å²) in [5, 5.41) is 2.80. The van der Waals surface area contributed by atoms with E-state index in [9.17, 15) is 14.4 Å². The number of amides is 4. The summed E-state index contributed by atoms with van der Waals surface area (Å²) in [5.41, 5.74) is 0. The lowest BCUT2D eigenvalue weighted by Crippen LogP contribution is -2.66. The zero-order valence-corrected chi connectivity index (χ0v) is 10.0. The number of hydrogen-bond acceptors (Lipinski definition) is 3. The van der Waals surface area contributed by atoms with Crippen LogP contribution in [0.1, 0.15) is 6.42 Å². The van der Waals surface area contributed by atoms with Crippen LogP contribution >= 0.6 is 0 Å². The van der Waals surface area contributed by atoms with Crippen molar-refractivity contribution in [2.75, 3.05) is 32.7 Å². The molecule has 0 spiro atoms. The molecule has 98 valence electrons. The molecular weight excluding hydrogens is 236 g/mol. The van der Waals surface area contributed by atoms with E-state index in [1.807, 2.05) is 0 Å². The van der Waals surface area contributed by atoms with Gasteiger partial charge in [-0.15, -0.1) is 0 Å². The Bertz CT molecular complexity index is 392. The largest absolute Gasteiger partial charge is 0.349 e. The summed E-state index contributed by atoms with van der Waals surface area (Å²) in [7, 11) is 0. The smallest absolute Gasteiger partial charge is 0.320 e. The fraction of sp³-hybridized carbons (Fsp3) is 0.727. The second-order valence-corrected chi connectivity index (χ2v) is 4.95. The third-order valence-electron chi connectivity index (χ3n) is 3.97. The molecule has 18 heavy (non-hydrogen) atoms. The predicted molar refractivity (Wildman–Crippen MR) is 61.6 cm³/mol. The van der Waals surface area contributed by atoms with Crippen molar-refractivity contribution in [3.05, 3.63) is 0 Å². The van der Waals surface area contributed by atoms with Crippen LogP contribution in [0.5, 0.6) is 0 Å². The van der Waals surface area contributed by atoms with Crippen LogP contribution in [0.3, 0.4) is 0 Å². The van der Waals surface area contributed by atoms with Gasteiger partial charge in [-0.25, -0.2) is 4.79 Å². The molecule has 0 aromatic rings. The first-order valence-corrected chi connectivity index (χ1v) is 6.26. The molecule has 3 rings (SSSR count). The maximum atomic E-state index is 12.3. The standard InChI is InChI=1S/C11H16N4O3/c16-7-13-3-5-14(6-4-13)11(18)15-2-1-8-9(15)10(17)12-8/h7-9H,1-6H2,(H,12,17). The number of nitrogens with one attached hydrogen (secondary N) is 1. The van der Waals surface area contributed by atoms with Crippen molar-refractivity contribution in [2.24, 2.45) is 0 Å². The summed E-state index contributed by atoms with van der Waals surface area (Å²) in [6.07, 6.45) is 1.66. The molecule has 7 nitrogen and oxygen atoms in total. The summed E-state index contributed by atoms with van der Waals surface area (Å²) in [5.74, 6) is -0.0441. The molecule has 2 atom stereocenters. The molecule has 3 fully saturated rings.